The molecule has 0 aliphatic rings. The molecule has 3 nitrogen and oxygen atoms in total. The lowest BCUT2D eigenvalue weighted by Crippen LogP contribution is -2.62. The van der Waals surface area contributed by atoms with Crippen molar-refractivity contribution >= 4 is 91.5 Å². The Bertz CT molecular complexity index is 408. The number of rotatable bonds is 10. The average Bonchev–Trinajstić information content (AvgIpc) is 2.14. The Labute approximate surface area is 186 Å². The summed E-state index contributed by atoms with van der Waals surface area (Å²) in [5.74, 6) is 0. The molecular weight excluding hydrogens is 514 g/mol. The van der Waals surface area contributed by atoms with Gasteiger partial charge in [0.1, 0.15) is 0 Å². The summed E-state index contributed by atoms with van der Waals surface area (Å²) >= 11 is 26.7. The second kappa shape index (κ2) is 9.23. The second-order valence-corrected chi connectivity index (χ2v) is 43.3. The van der Waals surface area contributed by atoms with E-state index in [1.54, 1.807) is 0 Å². The minimum Gasteiger partial charge on any atom is -0.417 e. The molecule has 0 aromatic heterocycles. The first-order valence-corrected chi connectivity index (χ1v) is 30.2. The van der Waals surface area contributed by atoms with Gasteiger partial charge in [-0.3, -0.25) is 0 Å². The molecule has 0 rings (SSSR count). The van der Waals surface area contributed by atoms with Crippen molar-refractivity contribution in [3.63, 3.8) is 0 Å². The third-order valence-corrected chi connectivity index (χ3v) is 27.5. The fourth-order valence-electron chi connectivity index (χ4n) is 2.64. The summed E-state index contributed by atoms with van der Waals surface area (Å²) in [5.41, 5.74) is 0. The van der Waals surface area contributed by atoms with Crippen molar-refractivity contribution in [2.45, 2.75) is 83.2 Å². The van der Waals surface area contributed by atoms with Crippen molar-refractivity contribution in [3.05, 3.63) is 0 Å². The molecule has 0 aliphatic heterocycles. The van der Waals surface area contributed by atoms with Crippen molar-refractivity contribution in [2.75, 3.05) is 0 Å². The summed E-state index contributed by atoms with van der Waals surface area (Å²) in [7, 11) is -8.96. The summed E-state index contributed by atoms with van der Waals surface area (Å²) < 4.78 is 20.1. The highest BCUT2D eigenvalue weighted by atomic mass is 35.7. The Morgan fingerprint density at radius 2 is 0.769 bits per heavy atom. The molecule has 26 heavy (non-hydrogen) atoms. The van der Waals surface area contributed by atoms with Crippen LogP contribution < -0.4 is 0 Å². The van der Waals surface area contributed by atoms with E-state index in [0.717, 1.165) is 0 Å². The van der Waals surface area contributed by atoms with E-state index in [1.807, 2.05) is 13.1 Å². The Balaban J connectivity index is 6.29. The molecule has 0 atom stereocenters. The smallest absolute Gasteiger partial charge is 0.417 e. The third-order valence-electron chi connectivity index (χ3n) is 3.06. The molecule has 0 radical (unpaired) electrons. The molecule has 0 spiro atoms. The van der Waals surface area contributed by atoms with E-state index in [9.17, 15) is 0 Å². The van der Waals surface area contributed by atoms with Crippen LogP contribution in [-0.2, 0) is 12.3 Å². The van der Waals surface area contributed by atoms with Gasteiger partial charge in [0.2, 0.25) is 0 Å². The minimum atomic E-state index is -3.07. The lowest BCUT2D eigenvalue weighted by atomic mass is 10.9. The molecule has 0 amide bonds. The number of hydrogen-bond donors (Lipinski definition) is 0. The van der Waals surface area contributed by atoms with Crippen LogP contribution in [-0.4, -0.2) is 47.1 Å². The van der Waals surface area contributed by atoms with Crippen molar-refractivity contribution in [3.8, 4) is 0 Å². The predicted octanol–water partition coefficient (Wildman–Crippen LogP) is 7.49. The Kier molecular flexibility index (Phi) is 10.1. The highest BCUT2D eigenvalue weighted by Crippen LogP contribution is 2.48. The quantitative estimate of drug-likeness (QED) is 0.208. The van der Waals surface area contributed by atoms with Crippen molar-refractivity contribution in [1.82, 2.24) is 0 Å². The van der Waals surface area contributed by atoms with E-state index >= 15 is 0 Å². The molecule has 0 saturated heterocycles. The molecule has 0 N–H and O–H groups in total. The van der Waals surface area contributed by atoms with Gasteiger partial charge in [-0.05, 0) is 72.0 Å². The van der Waals surface area contributed by atoms with E-state index in [-0.39, 0.29) is 5.16 Å². The van der Waals surface area contributed by atoms with Gasteiger partial charge < -0.3 is 12.3 Å². The van der Waals surface area contributed by atoms with Gasteiger partial charge in [0.15, 0.2) is 25.0 Å². The maximum Gasteiger partial charge on any atom is 0.469 e. The summed E-state index contributed by atoms with van der Waals surface area (Å²) in [6.07, 6.45) is 0. The zero-order chi connectivity index (χ0) is 21.4. The summed E-state index contributed by atoms with van der Waals surface area (Å²) in [6, 6.07) is 0.511. The SMILES string of the molecule is C[Si](C)(C)O[Si](CC([Si](C)(Cl)Cl)[Si](C)(Cl)Cl)(O[Si](C)(C)C)O[Si](C)(C)C. The second-order valence-electron chi connectivity index (χ2n) is 10.00. The van der Waals surface area contributed by atoms with E-state index in [1.165, 1.54) is 0 Å². The highest BCUT2D eigenvalue weighted by Gasteiger charge is 2.58. The molecule has 0 aliphatic carbocycles. The van der Waals surface area contributed by atoms with E-state index in [4.69, 9.17) is 56.7 Å². The average molecular weight is 551 g/mol. The molecule has 0 aromatic carbocycles. The zero-order valence-electron chi connectivity index (χ0n) is 18.0. The van der Waals surface area contributed by atoms with Gasteiger partial charge in [-0.1, -0.05) is 0 Å². The molecule has 0 aromatic rings. The maximum absolute atomic E-state index is 6.71. The molecule has 158 valence electrons. The van der Waals surface area contributed by atoms with Crippen LogP contribution in [0.5, 0.6) is 0 Å². The van der Waals surface area contributed by atoms with Crippen LogP contribution in [0.1, 0.15) is 0 Å². The van der Waals surface area contributed by atoms with Crippen LogP contribution in [0.2, 0.25) is 83.2 Å². The van der Waals surface area contributed by atoms with Gasteiger partial charge in [0.05, 0.1) is 0 Å². The number of hydrogen-bond acceptors (Lipinski definition) is 3. The largest absolute Gasteiger partial charge is 0.469 e. The Morgan fingerprint density at radius 3 is 0.923 bits per heavy atom. The van der Waals surface area contributed by atoms with Crippen molar-refractivity contribution in [1.29, 1.82) is 0 Å². The van der Waals surface area contributed by atoms with Crippen LogP contribution in [0, 0.1) is 0 Å². The van der Waals surface area contributed by atoms with Crippen LogP contribution >= 0.6 is 44.3 Å². The number of halogens is 4. The summed E-state index contributed by atoms with van der Waals surface area (Å²) in [6.45, 7) is 17.8. The molecule has 0 saturated carbocycles. The highest BCUT2D eigenvalue weighted by molar-refractivity contribution is 7.57. The van der Waals surface area contributed by atoms with Crippen LogP contribution in [0.25, 0.3) is 0 Å². The molecule has 0 unspecified atom stereocenters. The minimum absolute atomic E-state index is 0.197. The Morgan fingerprint density at radius 1 is 0.538 bits per heavy atom. The molecule has 0 heterocycles. The van der Waals surface area contributed by atoms with Gasteiger partial charge in [0, 0.05) is 11.2 Å². The van der Waals surface area contributed by atoms with Crippen LogP contribution in [0.4, 0.5) is 0 Å². The lowest BCUT2D eigenvalue weighted by molar-refractivity contribution is 0.253. The van der Waals surface area contributed by atoms with Crippen LogP contribution in [0.3, 0.4) is 0 Å². The molecule has 0 fully saturated rings. The molecular formula is C13H36Cl4O3Si6. The first kappa shape index (κ1) is 28.3. The Hall–Kier alpha value is 2.34. The lowest BCUT2D eigenvalue weighted by Gasteiger charge is -2.46. The van der Waals surface area contributed by atoms with Gasteiger partial charge in [-0.25, -0.2) is 0 Å². The predicted molar refractivity (Wildman–Crippen MR) is 134 cm³/mol. The van der Waals surface area contributed by atoms with E-state index in [0.29, 0.717) is 6.04 Å². The monoisotopic (exact) mass is 548 g/mol. The van der Waals surface area contributed by atoms with Gasteiger partial charge >= 0.3 is 8.80 Å². The first-order valence-electron chi connectivity index (χ1n) is 8.82. The van der Waals surface area contributed by atoms with Gasteiger partial charge in [-0.2, -0.15) is 0 Å². The van der Waals surface area contributed by atoms with Crippen LogP contribution in [0.15, 0.2) is 0 Å². The third kappa shape index (κ3) is 12.1. The fraction of sp³-hybridized carbons (Fsp3) is 1.00. The standard InChI is InChI=1S/C13H36Cl4O3Si6/c1-21(2,3)18-26(19-22(4,5)6,20-23(7,8)9)12-13(24(10,14)15)25(11,16)17/h13H,12H2,1-11H3. The first-order chi connectivity index (χ1) is 11.0. The summed E-state index contributed by atoms with van der Waals surface area (Å²) in [5, 5.41) is -0.197. The topological polar surface area (TPSA) is 27.7 Å². The molecule has 0 bridgehead atoms. The van der Waals surface area contributed by atoms with Gasteiger partial charge in [0.25, 0.3) is 13.4 Å². The molecule has 13 heteroatoms. The fourth-order valence-corrected chi connectivity index (χ4v) is 37.5. The zero-order valence-corrected chi connectivity index (χ0v) is 27.0. The van der Waals surface area contributed by atoms with E-state index in [2.05, 4.69) is 58.9 Å². The van der Waals surface area contributed by atoms with Crippen molar-refractivity contribution in [2.24, 2.45) is 0 Å². The van der Waals surface area contributed by atoms with Crippen molar-refractivity contribution < 1.29 is 12.3 Å². The maximum atomic E-state index is 6.71. The van der Waals surface area contributed by atoms with Gasteiger partial charge in [-0.15, -0.1) is 44.3 Å². The van der Waals surface area contributed by atoms with E-state index < -0.39 is 47.1 Å². The summed E-state index contributed by atoms with van der Waals surface area (Å²) in [4.78, 5) is 0. The normalized spacial score (nSPS) is 15.7.